The van der Waals surface area contributed by atoms with Crippen LogP contribution in [0.15, 0.2) is 67.1 Å². The number of halogens is 1. The molecule has 2 heterocycles. The van der Waals surface area contributed by atoms with Gasteiger partial charge < -0.3 is 25.6 Å². The molecule has 0 bridgehead atoms. The van der Waals surface area contributed by atoms with Crippen molar-refractivity contribution >= 4 is 17.3 Å². The molecule has 0 fully saturated rings. The van der Waals surface area contributed by atoms with E-state index in [0.29, 0.717) is 28.4 Å². The molecule has 4 rings (SSSR count). The van der Waals surface area contributed by atoms with Crippen molar-refractivity contribution < 1.29 is 19.0 Å². The van der Waals surface area contributed by atoms with Crippen molar-refractivity contribution in [2.75, 3.05) is 17.6 Å². The van der Waals surface area contributed by atoms with Crippen molar-refractivity contribution in [3.63, 3.8) is 0 Å². The molecule has 0 saturated heterocycles. The summed E-state index contributed by atoms with van der Waals surface area (Å²) in [6.07, 6.45) is 3.01. The van der Waals surface area contributed by atoms with Gasteiger partial charge in [0.1, 0.15) is 47.6 Å². The number of nitrogens with zero attached hydrogens (tertiary/aromatic N) is 3. The molecule has 5 N–H and O–H groups in total. The largest absolute Gasteiger partial charge is 0.489 e. The zero-order valence-corrected chi connectivity index (χ0v) is 21.3. The van der Waals surface area contributed by atoms with Gasteiger partial charge in [-0.1, -0.05) is 6.07 Å². The lowest BCUT2D eigenvalue weighted by Gasteiger charge is -2.20. The van der Waals surface area contributed by atoms with Crippen molar-refractivity contribution in [2.24, 2.45) is 0 Å². The van der Waals surface area contributed by atoms with Gasteiger partial charge >= 0.3 is 0 Å². The highest BCUT2D eigenvalue weighted by molar-refractivity contribution is 6.16. The Morgan fingerprint density at radius 1 is 1.03 bits per heavy atom. The summed E-state index contributed by atoms with van der Waals surface area (Å²) in [7, 11) is 0. The average Bonchev–Trinajstić information content (AvgIpc) is 2.86. The number of nitrogen functional groups attached to an aromatic ring is 1. The minimum absolute atomic E-state index is 0.0972. The third kappa shape index (κ3) is 7.01. The van der Waals surface area contributed by atoms with Crippen molar-refractivity contribution in [2.45, 2.75) is 33.0 Å². The normalized spacial score (nSPS) is 11.2. The fraction of sp³-hybridized carbons (Fsp3) is 0.214. The van der Waals surface area contributed by atoms with Gasteiger partial charge in [0.2, 0.25) is 0 Å². The van der Waals surface area contributed by atoms with Crippen LogP contribution in [0.3, 0.4) is 0 Å². The Balaban J connectivity index is 1.46. The van der Waals surface area contributed by atoms with Gasteiger partial charge in [-0.3, -0.25) is 10.4 Å². The highest BCUT2D eigenvalue weighted by Gasteiger charge is 2.19. The molecule has 0 atom stereocenters. The number of aryl methyl sites for hydroxylation is 1. The summed E-state index contributed by atoms with van der Waals surface area (Å²) in [6.45, 7) is 5.66. The number of hydrogen-bond acceptors (Lipinski definition) is 9. The van der Waals surface area contributed by atoms with Gasteiger partial charge in [-0.15, -0.1) is 0 Å². The maximum Gasteiger partial charge on any atom is 0.141 e. The molecule has 0 spiro atoms. The lowest BCUT2D eigenvalue weighted by molar-refractivity contribution is 0.0944. The van der Waals surface area contributed by atoms with Gasteiger partial charge in [-0.2, -0.15) is 0 Å². The number of aliphatic hydroxyl groups is 1. The summed E-state index contributed by atoms with van der Waals surface area (Å²) < 4.78 is 25.8. The number of anilines is 2. The van der Waals surface area contributed by atoms with E-state index in [1.165, 1.54) is 18.5 Å². The molecule has 9 nitrogen and oxygen atoms in total. The van der Waals surface area contributed by atoms with Crippen LogP contribution in [0.25, 0.3) is 0 Å². The van der Waals surface area contributed by atoms with Crippen LogP contribution in [0, 0.1) is 18.2 Å². The van der Waals surface area contributed by atoms with Crippen LogP contribution < -0.4 is 20.5 Å². The standard InChI is InChI=1S/C28H29FN6O3/c1-17-4-5-18(13-32-17)14-37-22-10-20(29)11-23(12-22)38-21-8-6-19(7-9-21)25(30)24-26(31)34-16-35-27(24)33-15-28(2,3)36/h4-13,16,30,36H,14-15H2,1-3H3,(H3,31,33,34,35). The van der Waals surface area contributed by atoms with E-state index in [-0.39, 0.29) is 30.4 Å². The monoisotopic (exact) mass is 516 g/mol. The molecule has 0 unspecified atom stereocenters. The Kier molecular flexibility index (Phi) is 7.82. The van der Waals surface area contributed by atoms with Crippen LogP contribution in [0.5, 0.6) is 17.2 Å². The third-order valence-corrected chi connectivity index (χ3v) is 5.42. The number of rotatable bonds is 10. The van der Waals surface area contributed by atoms with Crippen LogP contribution in [0.4, 0.5) is 16.0 Å². The molecular formula is C28H29FN6O3. The Morgan fingerprint density at radius 3 is 2.45 bits per heavy atom. The Labute approximate surface area is 220 Å². The SMILES string of the molecule is Cc1ccc(COc2cc(F)cc(Oc3ccc(C(=N)c4c(N)ncnc4NCC(C)(C)O)cc3)c2)cn1. The molecule has 2 aromatic carbocycles. The van der Waals surface area contributed by atoms with E-state index in [1.54, 1.807) is 50.4 Å². The first kappa shape index (κ1) is 26.5. The molecule has 0 radical (unpaired) electrons. The van der Waals surface area contributed by atoms with Gasteiger partial charge in [0.05, 0.1) is 16.9 Å². The van der Waals surface area contributed by atoms with Gasteiger partial charge in [-0.05, 0) is 51.1 Å². The number of nitrogens with one attached hydrogen (secondary N) is 2. The van der Waals surface area contributed by atoms with Crippen molar-refractivity contribution in [1.82, 2.24) is 15.0 Å². The molecule has 2 aromatic heterocycles. The first-order chi connectivity index (χ1) is 18.1. The van der Waals surface area contributed by atoms with Crippen molar-refractivity contribution in [3.05, 3.63) is 95.3 Å². The molecule has 196 valence electrons. The van der Waals surface area contributed by atoms with E-state index < -0.39 is 11.4 Å². The van der Waals surface area contributed by atoms with Gasteiger partial charge in [-0.25, -0.2) is 14.4 Å². The van der Waals surface area contributed by atoms with E-state index in [9.17, 15) is 9.50 Å². The average molecular weight is 517 g/mol. The van der Waals surface area contributed by atoms with Gasteiger partial charge in [0.15, 0.2) is 0 Å². The number of aromatic nitrogens is 3. The number of pyridine rings is 1. The predicted octanol–water partition coefficient (Wildman–Crippen LogP) is 4.87. The minimum atomic E-state index is -0.988. The minimum Gasteiger partial charge on any atom is -0.489 e. The number of hydrogen-bond donors (Lipinski definition) is 4. The quantitative estimate of drug-likeness (QED) is 0.219. The highest BCUT2D eigenvalue weighted by Crippen LogP contribution is 2.29. The number of nitrogens with two attached hydrogens (primary N) is 1. The Bertz CT molecular complexity index is 1420. The Morgan fingerprint density at radius 2 is 1.76 bits per heavy atom. The second kappa shape index (κ2) is 11.2. The molecule has 0 aliphatic carbocycles. The summed E-state index contributed by atoms with van der Waals surface area (Å²) in [5.41, 5.74) is 7.80. The van der Waals surface area contributed by atoms with Crippen LogP contribution in [-0.4, -0.2) is 37.9 Å². The molecule has 0 aliphatic heterocycles. The maximum absolute atomic E-state index is 14.2. The maximum atomic E-state index is 14.2. The summed E-state index contributed by atoms with van der Waals surface area (Å²) in [4.78, 5) is 12.4. The summed E-state index contributed by atoms with van der Waals surface area (Å²) in [5.74, 6) is 1.02. The van der Waals surface area contributed by atoms with E-state index >= 15 is 0 Å². The van der Waals surface area contributed by atoms with Crippen LogP contribution in [0.2, 0.25) is 0 Å². The number of benzene rings is 2. The van der Waals surface area contributed by atoms with Crippen LogP contribution >= 0.6 is 0 Å². The first-order valence-corrected chi connectivity index (χ1v) is 11.9. The summed E-state index contributed by atoms with van der Waals surface area (Å²) in [6, 6.07) is 14.6. The first-order valence-electron chi connectivity index (χ1n) is 11.9. The van der Waals surface area contributed by atoms with E-state index in [0.717, 1.165) is 11.3 Å². The molecule has 4 aromatic rings. The fourth-order valence-corrected chi connectivity index (χ4v) is 3.48. The van der Waals surface area contributed by atoms with E-state index in [4.69, 9.17) is 20.6 Å². The zero-order chi connectivity index (χ0) is 27.3. The van der Waals surface area contributed by atoms with Crippen molar-refractivity contribution in [3.8, 4) is 17.2 Å². The predicted molar refractivity (Wildman–Crippen MR) is 143 cm³/mol. The Hall–Kier alpha value is -4.57. The lowest BCUT2D eigenvalue weighted by Crippen LogP contribution is -2.30. The number of ether oxygens (including phenoxy) is 2. The molecule has 0 aliphatic rings. The second-order valence-corrected chi connectivity index (χ2v) is 9.37. The molecule has 0 amide bonds. The zero-order valence-electron chi connectivity index (χ0n) is 21.3. The van der Waals surface area contributed by atoms with Crippen LogP contribution in [-0.2, 0) is 6.61 Å². The smallest absolute Gasteiger partial charge is 0.141 e. The lowest BCUT2D eigenvalue weighted by atomic mass is 10.0. The highest BCUT2D eigenvalue weighted by atomic mass is 19.1. The molecule has 0 saturated carbocycles. The molecule has 10 heteroatoms. The third-order valence-electron chi connectivity index (χ3n) is 5.42. The second-order valence-electron chi connectivity index (χ2n) is 9.37. The molecule has 38 heavy (non-hydrogen) atoms. The van der Waals surface area contributed by atoms with E-state index in [1.807, 2.05) is 19.1 Å². The summed E-state index contributed by atoms with van der Waals surface area (Å²) >= 11 is 0. The van der Waals surface area contributed by atoms with Crippen molar-refractivity contribution in [1.29, 1.82) is 5.41 Å². The summed E-state index contributed by atoms with van der Waals surface area (Å²) in [5, 5.41) is 21.7. The fourth-order valence-electron chi connectivity index (χ4n) is 3.48. The topological polar surface area (TPSA) is 139 Å². The van der Waals surface area contributed by atoms with Gasteiger partial charge in [0, 0.05) is 47.8 Å². The molecular weight excluding hydrogens is 487 g/mol. The van der Waals surface area contributed by atoms with Gasteiger partial charge in [0.25, 0.3) is 0 Å². The van der Waals surface area contributed by atoms with Crippen LogP contribution in [0.1, 0.15) is 36.2 Å². The van der Waals surface area contributed by atoms with E-state index in [2.05, 4.69) is 20.3 Å².